The van der Waals surface area contributed by atoms with Crippen molar-refractivity contribution >= 4 is 28.1 Å². The minimum Gasteiger partial charge on any atom is -0.467 e. The summed E-state index contributed by atoms with van der Waals surface area (Å²) < 4.78 is 47.0. The first-order valence-electron chi connectivity index (χ1n) is 16.3. The molecule has 2 saturated heterocycles. The highest BCUT2D eigenvalue weighted by molar-refractivity contribution is 5.98. The number of alkyl halides is 1. The first-order chi connectivity index (χ1) is 22.9. The molecule has 2 atom stereocenters. The van der Waals surface area contributed by atoms with E-state index in [-0.39, 0.29) is 24.2 Å². The minimum atomic E-state index is -0.851. The number of hydrogen-bond acceptors (Lipinski definition) is 10. The van der Waals surface area contributed by atoms with Crippen LogP contribution in [0.15, 0.2) is 42.6 Å². The summed E-state index contributed by atoms with van der Waals surface area (Å²) in [6.07, 6.45) is 4.38. The topological polar surface area (TPSA) is 111 Å². The molecular formula is C35H41F2N7O3. The number of nitrogens with zero attached hydrogens (tertiary/aromatic N) is 5. The van der Waals surface area contributed by atoms with Gasteiger partial charge in [-0.3, -0.25) is 4.90 Å². The smallest absolute Gasteiger partial charge is 0.318 e. The third kappa shape index (κ3) is 6.12. The Kier molecular flexibility index (Phi) is 8.71. The zero-order valence-corrected chi connectivity index (χ0v) is 26.9. The molecule has 2 aromatic carbocycles. The highest BCUT2D eigenvalue weighted by Crippen LogP contribution is 2.41. The van der Waals surface area contributed by atoms with Crippen molar-refractivity contribution < 1.29 is 23.0 Å². The number of nitrogens with two attached hydrogens (primary N) is 1. The van der Waals surface area contributed by atoms with Crippen LogP contribution in [0.4, 0.5) is 26.1 Å². The molecule has 3 aliphatic rings. The monoisotopic (exact) mass is 645 g/mol. The van der Waals surface area contributed by atoms with E-state index in [0.717, 1.165) is 52.7 Å². The van der Waals surface area contributed by atoms with Crippen LogP contribution in [0.25, 0.3) is 10.8 Å². The molecule has 0 bridgehead atoms. The average Bonchev–Trinajstić information content (AvgIpc) is 3.61. The fourth-order valence-electron chi connectivity index (χ4n) is 7.52. The SMILES string of the molecule is CCc1c(F)ccc2cc(OCOC)cc(N3CCc4c(nc(OC[C@@]56CCCN5C[C@H](F)C6)nc4NCc4cccnc4N)C3)c12. The van der Waals surface area contributed by atoms with E-state index < -0.39 is 6.17 Å². The quantitative estimate of drug-likeness (QED) is 0.205. The van der Waals surface area contributed by atoms with E-state index in [4.69, 9.17) is 29.9 Å². The number of pyridine rings is 1. The molecule has 0 radical (unpaired) electrons. The molecule has 0 aliphatic carbocycles. The molecule has 5 heterocycles. The van der Waals surface area contributed by atoms with Crippen molar-refractivity contribution in [1.29, 1.82) is 0 Å². The van der Waals surface area contributed by atoms with Gasteiger partial charge in [0.1, 0.15) is 36.0 Å². The van der Waals surface area contributed by atoms with Crippen LogP contribution in [-0.4, -0.2) is 71.7 Å². The second-order valence-electron chi connectivity index (χ2n) is 12.7. The van der Waals surface area contributed by atoms with Gasteiger partial charge >= 0.3 is 6.01 Å². The Labute approximate surface area is 273 Å². The molecule has 0 unspecified atom stereocenters. The van der Waals surface area contributed by atoms with Crippen LogP contribution in [0, 0.1) is 5.82 Å². The number of anilines is 3. The van der Waals surface area contributed by atoms with Crippen molar-refractivity contribution in [2.45, 2.75) is 63.8 Å². The summed E-state index contributed by atoms with van der Waals surface area (Å²) in [5.41, 5.74) is 9.99. The van der Waals surface area contributed by atoms with E-state index in [9.17, 15) is 4.39 Å². The maximum Gasteiger partial charge on any atom is 0.318 e. The molecule has 2 aromatic heterocycles. The van der Waals surface area contributed by atoms with Gasteiger partial charge in [0.2, 0.25) is 0 Å². The van der Waals surface area contributed by atoms with Crippen LogP contribution in [0.1, 0.15) is 48.6 Å². The second kappa shape index (κ2) is 13.1. The summed E-state index contributed by atoms with van der Waals surface area (Å²) in [5, 5.41) is 5.22. The number of aryl methyl sites for hydroxylation is 1. The predicted octanol–water partition coefficient (Wildman–Crippen LogP) is 5.42. The van der Waals surface area contributed by atoms with Crippen molar-refractivity contribution in [3.05, 3.63) is 70.8 Å². The van der Waals surface area contributed by atoms with Crippen molar-refractivity contribution in [1.82, 2.24) is 19.9 Å². The molecule has 47 heavy (non-hydrogen) atoms. The number of ether oxygens (including phenoxy) is 3. The highest BCUT2D eigenvalue weighted by atomic mass is 19.1. The lowest BCUT2D eigenvalue weighted by molar-refractivity contribution is 0.0512. The largest absolute Gasteiger partial charge is 0.467 e. The van der Waals surface area contributed by atoms with E-state index in [1.807, 2.05) is 31.2 Å². The number of halogens is 2. The van der Waals surface area contributed by atoms with E-state index >= 15 is 4.39 Å². The second-order valence-corrected chi connectivity index (χ2v) is 12.7. The Morgan fingerprint density at radius 3 is 2.87 bits per heavy atom. The lowest BCUT2D eigenvalue weighted by Gasteiger charge is -2.33. The van der Waals surface area contributed by atoms with Crippen molar-refractivity contribution in [2.75, 3.05) is 56.1 Å². The van der Waals surface area contributed by atoms with Gasteiger partial charge in [0.25, 0.3) is 0 Å². The molecular weight excluding hydrogens is 604 g/mol. The zero-order valence-electron chi connectivity index (χ0n) is 26.9. The van der Waals surface area contributed by atoms with E-state index in [1.165, 1.54) is 6.07 Å². The number of benzene rings is 2. The van der Waals surface area contributed by atoms with Crippen LogP contribution in [0.5, 0.6) is 11.8 Å². The van der Waals surface area contributed by atoms with Gasteiger partial charge in [-0.1, -0.05) is 19.1 Å². The summed E-state index contributed by atoms with van der Waals surface area (Å²) in [5.74, 6) is 1.53. The first kappa shape index (κ1) is 31.3. The molecule has 10 nitrogen and oxygen atoms in total. The first-order valence-corrected chi connectivity index (χ1v) is 16.3. The van der Waals surface area contributed by atoms with Gasteiger partial charge in [0.15, 0.2) is 6.79 Å². The number of hydrogen-bond donors (Lipinski definition) is 2. The van der Waals surface area contributed by atoms with E-state index in [0.29, 0.717) is 75.0 Å². The molecule has 0 saturated carbocycles. The van der Waals surface area contributed by atoms with Gasteiger partial charge in [0, 0.05) is 67.6 Å². The highest BCUT2D eigenvalue weighted by Gasteiger charge is 2.49. The van der Waals surface area contributed by atoms with Gasteiger partial charge in [-0.25, -0.2) is 13.8 Å². The third-order valence-corrected chi connectivity index (χ3v) is 9.81. The van der Waals surface area contributed by atoms with Crippen LogP contribution < -0.4 is 25.4 Å². The maximum atomic E-state index is 15.1. The Balaban J connectivity index is 1.24. The Bertz CT molecular complexity index is 1780. The molecule has 3 N–H and O–H groups in total. The number of fused-ring (bicyclic) bond motifs is 3. The van der Waals surface area contributed by atoms with Crippen LogP contribution >= 0.6 is 0 Å². The molecule has 248 valence electrons. The number of nitrogens with one attached hydrogen (secondary N) is 1. The van der Waals surface area contributed by atoms with Gasteiger partial charge in [-0.05, 0) is 61.4 Å². The van der Waals surface area contributed by atoms with Gasteiger partial charge in [0.05, 0.1) is 17.8 Å². The molecule has 0 amide bonds. The standard InChI is InChI=1S/C35H41F2N7O3/c1-3-26-28(37)8-7-22-14-25(47-21-45-2)15-30(31(22)26)43-13-9-27-29(19-43)41-34(42-33(27)40-17-23-6-4-11-39-32(23)38)46-20-35-10-5-12-44(35)18-24(36)16-35/h4,6-8,11,14-15,24H,3,5,9-10,12-13,16-21H2,1-2H3,(H2,38,39)(H,40,41,42)/t24-,35+/m1/s1. The summed E-state index contributed by atoms with van der Waals surface area (Å²) in [7, 11) is 1.58. The van der Waals surface area contributed by atoms with Crippen molar-refractivity contribution in [2.24, 2.45) is 0 Å². The molecule has 3 aliphatic heterocycles. The summed E-state index contributed by atoms with van der Waals surface area (Å²) in [6.45, 7) is 5.25. The summed E-state index contributed by atoms with van der Waals surface area (Å²) in [4.78, 5) is 18.4. The lowest BCUT2D eigenvalue weighted by atomic mass is 9.95. The third-order valence-electron chi connectivity index (χ3n) is 9.81. The molecule has 2 fully saturated rings. The van der Waals surface area contributed by atoms with Crippen molar-refractivity contribution in [3.8, 4) is 11.8 Å². The fraction of sp³-hybridized carbons (Fsp3) is 0.457. The number of rotatable bonds is 11. The fourth-order valence-corrected chi connectivity index (χ4v) is 7.52. The summed E-state index contributed by atoms with van der Waals surface area (Å²) in [6, 6.07) is 11.2. The minimum absolute atomic E-state index is 0.0993. The molecule has 0 spiro atoms. The number of aromatic nitrogens is 3. The number of nitrogen functional groups attached to an aromatic ring is 1. The lowest BCUT2D eigenvalue weighted by Crippen LogP contribution is -2.43. The van der Waals surface area contributed by atoms with E-state index in [1.54, 1.807) is 19.4 Å². The van der Waals surface area contributed by atoms with Crippen LogP contribution in [-0.2, 0) is 30.7 Å². The Morgan fingerprint density at radius 2 is 2.04 bits per heavy atom. The summed E-state index contributed by atoms with van der Waals surface area (Å²) >= 11 is 0. The average molecular weight is 646 g/mol. The van der Waals surface area contributed by atoms with E-state index in [2.05, 4.69) is 20.1 Å². The van der Waals surface area contributed by atoms with Gasteiger partial charge < -0.3 is 30.2 Å². The number of methoxy groups -OCH3 is 1. The van der Waals surface area contributed by atoms with Gasteiger partial charge in [-0.15, -0.1) is 0 Å². The molecule has 7 rings (SSSR count). The predicted molar refractivity (Wildman–Crippen MR) is 177 cm³/mol. The van der Waals surface area contributed by atoms with Gasteiger partial charge in [-0.2, -0.15) is 9.97 Å². The molecule has 12 heteroatoms. The van der Waals surface area contributed by atoms with Crippen LogP contribution in [0.3, 0.4) is 0 Å². The molecule has 4 aromatic rings. The van der Waals surface area contributed by atoms with Crippen LogP contribution in [0.2, 0.25) is 0 Å². The van der Waals surface area contributed by atoms with Crippen molar-refractivity contribution in [3.63, 3.8) is 0 Å². The Morgan fingerprint density at radius 1 is 1.15 bits per heavy atom. The Hall–Kier alpha value is -4.29. The zero-order chi connectivity index (χ0) is 32.5. The normalized spacial score (nSPS) is 20.8. The maximum absolute atomic E-state index is 15.1.